The summed E-state index contributed by atoms with van der Waals surface area (Å²) in [5, 5.41) is 2.14. The average Bonchev–Trinajstić information content (AvgIpc) is 2.63. The fourth-order valence-corrected chi connectivity index (χ4v) is 3.36. The van der Waals surface area contributed by atoms with Crippen LogP contribution in [0.15, 0.2) is 41.3 Å². The topological polar surface area (TPSA) is 102 Å². The fraction of sp³-hybridized carbons (Fsp3) is 0.176. The molecule has 2 N–H and O–H groups in total. The van der Waals surface area contributed by atoms with Gasteiger partial charge in [-0.2, -0.15) is 4.72 Å². The van der Waals surface area contributed by atoms with Crippen molar-refractivity contribution in [3.8, 4) is 0 Å². The Labute approximate surface area is 158 Å². The van der Waals surface area contributed by atoms with E-state index in [2.05, 4.69) is 10.1 Å². The van der Waals surface area contributed by atoms with Crippen LogP contribution >= 0.6 is 0 Å². The maximum Gasteiger partial charge on any atom is 0.323 e. The van der Waals surface area contributed by atoms with Crippen LogP contribution in [0.1, 0.15) is 17.3 Å². The van der Waals surface area contributed by atoms with Gasteiger partial charge in [0.1, 0.15) is 11.9 Å². The molecule has 0 fully saturated rings. The second-order valence-electron chi connectivity index (χ2n) is 5.59. The molecule has 28 heavy (non-hydrogen) atoms. The number of rotatable bonds is 6. The number of carbonyl (C=O) groups excluding carboxylic acids is 2. The summed E-state index contributed by atoms with van der Waals surface area (Å²) >= 11 is 0. The van der Waals surface area contributed by atoms with Crippen LogP contribution in [0.5, 0.6) is 0 Å². The second-order valence-corrected chi connectivity index (χ2v) is 7.30. The Morgan fingerprint density at radius 3 is 2.25 bits per heavy atom. The van der Waals surface area contributed by atoms with Crippen LogP contribution < -0.4 is 10.0 Å². The van der Waals surface area contributed by atoms with Gasteiger partial charge in [-0.3, -0.25) is 9.59 Å². The molecule has 1 amide bonds. The Morgan fingerprint density at radius 2 is 1.64 bits per heavy atom. The lowest BCUT2D eigenvalue weighted by Crippen LogP contribution is -2.39. The van der Waals surface area contributed by atoms with Gasteiger partial charge in [0.05, 0.1) is 17.6 Å². The number of nitrogens with one attached hydrogen (secondary N) is 2. The molecule has 1 atom stereocenters. The SMILES string of the molecule is COC(=O)[C@@H](C)NS(=O)(=O)c1ccc(F)c(C(=O)Nc2ccc(F)c(F)c2)c1. The second kappa shape index (κ2) is 8.40. The standard InChI is InChI=1S/C17H15F3N2O5S/c1-9(17(24)27-2)22-28(25,26)11-4-6-13(18)12(8-11)16(23)21-10-3-5-14(19)15(20)7-10/h3-9,22H,1-2H3,(H,21,23)/t9-/m1/s1. The van der Waals surface area contributed by atoms with Crippen LogP contribution in [0.25, 0.3) is 0 Å². The molecule has 2 aromatic rings. The molecule has 0 aromatic heterocycles. The van der Waals surface area contributed by atoms with Gasteiger partial charge in [0.2, 0.25) is 10.0 Å². The first-order valence-corrected chi connectivity index (χ1v) is 9.19. The lowest BCUT2D eigenvalue weighted by atomic mass is 10.2. The highest BCUT2D eigenvalue weighted by atomic mass is 32.2. The zero-order valence-electron chi connectivity index (χ0n) is 14.6. The van der Waals surface area contributed by atoms with Crippen molar-refractivity contribution in [1.82, 2.24) is 4.72 Å². The van der Waals surface area contributed by atoms with E-state index < -0.39 is 55.9 Å². The zero-order valence-corrected chi connectivity index (χ0v) is 15.4. The molecule has 0 spiro atoms. The first-order chi connectivity index (χ1) is 13.0. The maximum atomic E-state index is 14.0. The third-order valence-electron chi connectivity index (χ3n) is 3.56. The monoisotopic (exact) mass is 416 g/mol. The number of hydrogen-bond acceptors (Lipinski definition) is 5. The van der Waals surface area contributed by atoms with Gasteiger partial charge in [-0.05, 0) is 37.3 Å². The van der Waals surface area contributed by atoms with Gasteiger partial charge < -0.3 is 10.1 Å². The molecular weight excluding hydrogens is 401 g/mol. The summed E-state index contributed by atoms with van der Waals surface area (Å²) in [5.74, 6) is -5.33. The first-order valence-electron chi connectivity index (χ1n) is 7.71. The molecule has 0 radical (unpaired) electrons. The van der Waals surface area contributed by atoms with Crippen molar-refractivity contribution >= 4 is 27.6 Å². The van der Waals surface area contributed by atoms with Crippen LogP contribution in [-0.4, -0.2) is 33.4 Å². The number of esters is 1. The van der Waals surface area contributed by atoms with Gasteiger partial charge in [0.15, 0.2) is 11.6 Å². The molecule has 0 unspecified atom stereocenters. The third kappa shape index (κ3) is 4.87. The predicted octanol–water partition coefficient (Wildman–Crippen LogP) is 2.20. The summed E-state index contributed by atoms with van der Waals surface area (Å²) in [6.45, 7) is 1.24. The average molecular weight is 416 g/mol. The molecule has 0 saturated heterocycles. The Bertz CT molecular complexity index is 1030. The van der Waals surface area contributed by atoms with Crippen molar-refractivity contribution in [2.75, 3.05) is 12.4 Å². The van der Waals surface area contributed by atoms with E-state index in [0.717, 1.165) is 37.4 Å². The van der Waals surface area contributed by atoms with Gasteiger partial charge in [-0.15, -0.1) is 0 Å². The molecule has 2 rings (SSSR count). The minimum Gasteiger partial charge on any atom is -0.468 e. The molecule has 11 heteroatoms. The summed E-state index contributed by atoms with van der Waals surface area (Å²) in [6, 6.07) is 3.67. The van der Waals surface area contributed by atoms with Gasteiger partial charge in [-0.25, -0.2) is 21.6 Å². The number of carbonyl (C=O) groups is 2. The molecule has 2 aromatic carbocycles. The largest absolute Gasteiger partial charge is 0.468 e. The number of benzene rings is 2. The van der Waals surface area contributed by atoms with E-state index in [1.165, 1.54) is 6.92 Å². The van der Waals surface area contributed by atoms with Crippen LogP contribution in [0, 0.1) is 17.5 Å². The number of anilines is 1. The quantitative estimate of drug-likeness (QED) is 0.703. The molecule has 150 valence electrons. The van der Waals surface area contributed by atoms with E-state index in [1.54, 1.807) is 0 Å². The van der Waals surface area contributed by atoms with E-state index in [9.17, 15) is 31.2 Å². The van der Waals surface area contributed by atoms with Crippen molar-refractivity contribution in [3.63, 3.8) is 0 Å². The number of sulfonamides is 1. The van der Waals surface area contributed by atoms with Crippen LogP contribution in [-0.2, 0) is 19.6 Å². The van der Waals surface area contributed by atoms with E-state index in [1.807, 2.05) is 4.72 Å². The van der Waals surface area contributed by atoms with Crippen molar-refractivity contribution in [1.29, 1.82) is 0 Å². The summed E-state index contributed by atoms with van der Waals surface area (Å²) in [4.78, 5) is 23.1. The third-order valence-corrected chi connectivity index (χ3v) is 5.10. The van der Waals surface area contributed by atoms with Gasteiger partial charge in [0, 0.05) is 11.8 Å². The lowest BCUT2D eigenvalue weighted by Gasteiger charge is -2.13. The van der Waals surface area contributed by atoms with Gasteiger partial charge >= 0.3 is 5.97 Å². The van der Waals surface area contributed by atoms with Gasteiger partial charge in [-0.1, -0.05) is 0 Å². The van der Waals surface area contributed by atoms with Crippen LogP contribution in [0.2, 0.25) is 0 Å². The minimum atomic E-state index is -4.28. The molecule has 0 aliphatic heterocycles. The summed E-state index contributed by atoms with van der Waals surface area (Å²) in [6.07, 6.45) is 0. The number of hydrogen-bond donors (Lipinski definition) is 2. The van der Waals surface area contributed by atoms with Crippen molar-refractivity contribution < 1.29 is 35.9 Å². The Hall–Kier alpha value is -2.92. The molecule has 0 saturated carbocycles. The molecule has 0 heterocycles. The van der Waals surface area contributed by atoms with E-state index in [4.69, 9.17) is 0 Å². The molecule has 0 bridgehead atoms. The molecular formula is C17H15F3N2O5S. The van der Waals surface area contributed by atoms with Crippen molar-refractivity contribution in [2.24, 2.45) is 0 Å². The summed E-state index contributed by atoms with van der Waals surface area (Å²) in [7, 11) is -3.20. The molecule has 0 aliphatic carbocycles. The Kier molecular flexibility index (Phi) is 6.41. The maximum absolute atomic E-state index is 14.0. The Morgan fingerprint density at radius 1 is 1.00 bits per heavy atom. The lowest BCUT2D eigenvalue weighted by molar-refractivity contribution is -0.142. The number of amides is 1. The Balaban J connectivity index is 2.30. The molecule has 7 nitrogen and oxygen atoms in total. The highest BCUT2D eigenvalue weighted by Gasteiger charge is 2.24. The first kappa shape index (κ1) is 21.4. The minimum absolute atomic E-state index is 0.158. The summed E-state index contributed by atoms with van der Waals surface area (Å²) in [5.41, 5.74) is -0.813. The smallest absolute Gasteiger partial charge is 0.323 e. The van der Waals surface area contributed by atoms with Crippen molar-refractivity contribution in [3.05, 3.63) is 59.4 Å². The highest BCUT2D eigenvalue weighted by Crippen LogP contribution is 2.19. The van der Waals surface area contributed by atoms with E-state index in [0.29, 0.717) is 6.07 Å². The molecule has 0 aliphatic rings. The zero-order chi connectivity index (χ0) is 21.1. The number of ether oxygens (including phenoxy) is 1. The van der Waals surface area contributed by atoms with Gasteiger partial charge in [0.25, 0.3) is 5.91 Å². The summed E-state index contributed by atoms with van der Waals surface area (Å²) < 4.78 is 71.3. The van der Waals surface area contributed by atoms with E-state index >= 15 is 0 Å². The fourth-order valence-electron chi connectivity index (χ4n) is 2.14. The van der Waals surface area contributed by atoms with Crippen molar-refractivity contribution in [2.45, 2.75) is 17.9 Å². The highest BCUT2D eigenvalue weighted by molar-refractivity contribution is 7.89. The van der Waals surface area contributed by atoms with E-state index in [-0.39, 0.29) is 5.69 Å². The number of methoxy groups -OCH3 is 1. The normalized spacial score (nSPS) is 12.3. The predicted molar refractivity (Wildman–Crippen MR) is 92.5 cm³/mol. The number of halogens is 3. The van der Waals surface area contributed by atoms with Crippen LogP contribution in [0.4, 0.5) is 18.9 Å². The van der Waals surface area contributed by atoms with Crippen LogP contribution in [0.3, 0.4) is 0 Å².